The molecular formula is C15H15N3O3. The van der Waals surface area contributed by atoms with Crippen LogP contribution in [0.15, 0.2) is 29.2 Å². The molecule has 1 atom stereocenters. The molecule has 0 saturated carbocycles. The summed E-state index contributed by atoms with van der Waals surface area (Å²) >= 11 is 0. The molecule has 3 N–H and O–H groups in total. The fourth-order valence-corrected chi connectivity index (χ4v) is 2.80. The maximum Gasteiger partial charge on any atom is 0.326 e. The van der Waals surface area contributed by atoms with Gasteiger partial charge in [-0.2, -0.15) is 0 Å². The molecule has 2 aromatic rings. The van der Waals surface area contributed by atoms with Crippen LogP contribution in [0, 0.1) is 6.92 Å². The van der Waals surface area contributed by atoms with Crippen LogP contribution in [0.25, 0.3) is 11.1 Å². The van der Waals surface area contributed by atoms with Gasteiger partial charge < -0.3 is 10.8 Å². The molecule has 3 rings (SSSR count). The summed E-state index contributed by atoms with van der Waals surface area (Å²) in [6.45, 7) is 1.90. The summed E-state index contributed by atoms with van der Waals surface area (Å²) in [4.78, 5) is 27.5. The SMILES string of the molecule is Cc1cnc(N)c(-c2cc3n(c(=O)c2)[C@H](C(=O)O)CC3)c1. The molecule has 6 heteroatoms. The van der Waals surface area contributed by atoms with Crippen LogP contribution in [0.5, 0.6) is 0 Å². The lowest BCUT2D eigenvalue weighted by Crippen LogP contribution is -2.27. The van der Waals surface area contributed by atoms with E-state index < -0.39 is 12.0 Å². The Morgan fingerprint density at radius 1 is 1.43 bits per heavy atom. The van der Waals surface area contributed by atoms with Gasteiger partial charge in [-0.1, -0.05) is 0 Å². The number of carbonyl (C=O) groups is 1. The lowest BCUT2D eigenvalue weighted by Gasteiger charge is -2.12. The maximum absolute atomic E-state index is 12.3. The molecule has 0 saturated heterocycles. The third-order valence-electron chi connectivity index (χ3n) is 3.78. The second-order valence-corrected chi connectivity index (χ2v) is 5.28. The molecular weight excluding hydrogens is 270 g/mol. The second kappa shape index (κ2) is 4.73. The quantitative estimate of drug-likeness (QED) is 0.868. The van der Waals surface area contributed by atoms with Gasteiger partial charge in [-0.3, -0.25) is 9.36 Å². The zero-order valence-electron chi connectivity index (χ0n) is 11.5. The number of carboxylic acid groups (broad SMARTS) is 1. The fourth-order valence-electron chi connectivity index (χ4n) is 2.80. The first-order valence-electron chi connectivity index (χ1n) is 6.68. The van der Waals surface area contributed by atoms with Crippen LogP contribution in [0.3, 0.4) is 0 Å². The molecule has 0 spiro atoms. The predicted molar refractivity (Wildman–Crippen MR) is 78.1 cm³/mol. The maximum atomic E-state index is 12.3. The molecule has 1 aliphatic rings. The molecule has 0 amide bonds. The van der Waals surface area contributed by atoms with E-state index in [9.17, 15) is 9.59 Å². The van der Waals surface area contributed by atoms with Gasteiger partial charge in [0.2, 0.25) is 0 Å². The summed E-state index contributed by atoms with van der Waals surface area (Å²) in [7, 11) is 0. The number of anilines is 1. The van der Waals surface area contributed by atoms with Crippen molar-refractivity contribution in [1.82, 2.24) is 9.55 Å². The van der Waals surface area contributed by atoms with Crippen molar-refractivity contribution in [2.24, 2.45) is 0 Å². The molecule has 2 aromatic heterocycles. The van der Waals surface area contributed by atoms with Crippen molar-refractivity contribution >= 4 is 11.8 Å². The number of hydrogen-bond acceptors (Lipinski definition) is 4. The molecule has 0 fully saturated rings. The van der Waals surface area contributed by atoms with E-state index in [4.69, 9.17) is 10.8 Å². The summed E-state index contributed by atoms with van der Waals surface area (Å²) in [5.74, 6) is -0.613. The summed E-state index contributed by atoms with van der Waals surface area (Å²) in [6.07, 6.45) is 2.67. The molecule has 0 radical (unpaired) electrons. The third-order valence-corrected chi connectivity index (χ3v) is 3.78. The largest absolute Gasteiger partial charge is 0.480 e. The van der Waals surface area contributed by atoms with Crippen LogP contribution in [-0.4, -0.2) is 20.6 Å². The minimum Gasteiger partial charge on any atom is -0.480 e. The Hall–Kier alpha value is -2.63. The number of fused-ring (bicyclic) bond motifs is 1. The zero-order valence-corrected chi connectivity index (χ0v) is 11.5. The summed E-state index contributed by atoms with van der Waals surface area (Å²) in [5.41, 5.74) is 8.63. The number of aryl methyl sites for hydroxylation is 2. The van der Waals surface area contributed by atoms with Gasteiger partial charge in [-0.25, -0.2) is 9.78 Å². The Labute approximate surface area is 120 Å². The standard InChI is InChI=1S/C15H15N3O3/c1-8-4-11(14(16)17-7-8)9-5-10-2-3-12(15(20)21)18(10)13(19)6-9/h4-7,12H,2-3H2,1H3,(H2,16,17)(H,20,21)/t12-/m0/s1. The Morgan fingerprint density at radius 3 is 2.90 bits per heavy atom. The van der Waals surface area contributed by atoms with Gasteiger partial charge in [0.25, 0.3) is 5.56 Å². The number of aromatic nitrogens is 2. The molecule has 21 heavy (non-hydrogen) atoms. The van der Waals surface area contributed by atoms with Gasteiger partial charge in [0.15, 0.2) is 0 Å². The second-order valence-electron chi connectivity index (χ2n) is 5.28. The number of nitrogens with two attached hydrogens (primary N) is 1. The molecule has 0 aliphatic carbocycles. The predicted octanol–water partition coefficient (Wildman–Crippen LogP) is 1.37. The first kappa shape index (κ1) is 13.4. The van der Waals surface area contributed by atoms with E-state index in [-0.39, 0.29) is 5.56 Å². The van der Waals surface area contributed by atoms with Gasteiger partial charge in [0.1, 0.15) is 11.9 Å². The number of nitrogens with zero attached hydrogens (tertiary/aromatic N) is 2. The van der Waals surface area contributed by atoms with E-state index in [1.807, 2.05) is 19.1 Å². The van der Waals surface area contributed by atoms with Gasteiger partial charge in [-0.05, 0) is 43.0 Å². The monoisotopic (exact) mass is 285 g/mol. The lowest BCUT2D eigenvalue weighted by atomic mass is 10.0. The molecule has 6 nitrogen and oxygen atoms in total. The van der Waals surface area contributed by atoms with Crippen molar-refractivity contribution in [1.29, 1.82) is 0 Å². The van der Waals surface area contributed by atoms with Gasteiger partial charge >= 0.3 is 5.97 Å². The van der Waals surface area contributed by atoms with E-state index in [0.29, 0.717) is 29.8 Å². The van der Waals surface area contributed by atoms with Crippen LogP contribution in [0.4, 0.5) is 5.82 Å². The summed E-state index contributed by atoms with van der Waals surface area (Å²) in [5, 5.41) is 9.16. The van der Waals surface area contributed by atoms with E-state index in [1.54, 1.807) is 6.20 Å². The number of pyridine rings is 2. The van der Waals surface area contributed by atoms with E-state index in [2.05, 4.69) is 4.98 Å². The Morgan fingerprint density at radius 2 is 2.19 bits per heavy atom. The van der Waals surface area contributed by atoms with Crippen molar-refractivity contribution in [2.75, 3.05) is 5.73 Å². The smallest absolute Gasteiger partial charge is 0.326 e. The summed E-state index contributed by atoms with van der Waals surface area (Å²) in [6, 6.07) is 4.36. The minimum atomic E-state index is -0.972. The molecule has 108 valence electrons. The van der Waals surface area contributed by atoms with Crippen molar-refractivity contribution < 1.29 is 9.90 Å². The van der Waals surface area contributed by atoms with Crippen molar-refractivity contribution in [3.05, 3.63) is 46.0 Å². The highest BCUT2D eigenvalue weighted by molar-refractivity contribution is 5.76. The lowest BCUT2D eigenvalue weighted by molar-refractivity contribution is -0.140. The Bertz CT molecular complexity index is 795. The van der Waals surface area contributed by atoms with Gasteiger partial charge in [0, 0.05) is 23.5 Å². The minimum absolute atomic E-state index is 0.312. The Kier molecular flexibility index (Phi) is 3.01. The Balaban J connectivity index is 2.16. The van der Waals surface area contributed by atoms with Crippen molar-refractivity contribution in [3.63, 3.8) is 0 Å². The molecule has 0 bridgehead atoms. The highest BCUT2D eigenvalue weighted by Crippen LogP contribution is 2.29. The zero-order chi connectivity index (χ0) is 15.1. The van der Waals surface area contributed by atoms with Crippen molar-refractivity contribution in [3.8, 4) is 11.1 Å². The normalized spacial score (nSPS) is 16.7. The first-order valence-corrected chi connectivity index (χ1v) is 6.68. The molecule has 3 heterocycles. The average molecular weight is 285 g/mol. The number of aliphatic carboxylic acids is 1. The first-order chi connectivity index (χ1) is 9.97. The van der Waals surface area contributed by atoms with Gasteiger partial charge in [-0.15, -0.1) is 0 Å². The average Bonchev–Trinajstić information content (AvgIpc) is 2.86. The van der Waals surface area contributed by atoms with Crippen LogP contribution in [0.1, 0.15) is 23.7 Å². The van der Waals surface area contributed by atoms with E-state index in [1.165, 1.54) is 10.6 Å². The van der Waals surface area contributed by atoms with Crippen LogP contribution < -0.4 is 11.3 Å². The molecule has 1 aliphatic heterocycles. The van der Waals surface area contributed by atoms with Crippen LogP contribution in [-0.2, 0) is 11.2 Å². The number of carboxylic acids is 1. The van der Waals surface area contributed by atoms with Crippen LogP contribution >= 0.6 is 0 Å². The fraction of sp³-hybridized carbons (Fsp3) is 0.267. The topological polar surface area (TPSA) is 98.2 Å². The van der Waals surface area contributed by atoms with Crippen LogP contribution in [0.2, 0.25) is 0 Å². The number of hydrogen-bond donors (Lipinski definition) is 2. The number of nitrogen functional groups attached to an aromatic ring is 1. The summed E-state index contributed by atoms with van der Waals surface area (Å²) < 4.78 is 1.35. The highest BCUT2D eigenvalue weighted by atomic mass is 16.4. The highest BCUT2D eigenvalue weighted by Gasteiger charge is 2.29. The van der Waals surface area contributed by atoms with Crippen molar-refractivity contribution in [2.45, 2.75) is 25.8 Å². The van der Waals surface area contributed by atoms with E-state index >= 15 is 0 Å². The van der Waals surface area contributed by atoms with Gasteiger partial charge in [0.05, 0.1) is 0 Å². The molecule has 0 aromatic carbocycles. The number of rotatable bonds is 2. The third kappa shape index (κ3) is 2.18. The molecule has 0 unspecified atom stereocenters. The van der Waals surface area contributed by atoms with E-state index in [0.717, 1.165) is 11.3 Å².